The van der Waals surface area contributed by atoms with Gasteiger partial charge >= 0.3 is 0 Å². The van der Waals surface area contributed by atoms with Crippen LogP contribution in [-0.2, 0) is 11.2 Å². The summed E-state index contributed by atoms with van der Waals surface area (Å²) in [5.41, 5.74) is 8.53. The van der Waals surface area contributed by atoms with Gasteiger partial charge in [0, 0.05) is 12.6 Å². The van der Waals surface area contributed by atoms with Crippen molar-refractivity contribution in [2.24, 2.45) is 11.7 Å². The zero-order chi connectivity index (χ0) is 15.4. The van der Waals surface area contributed by atoms with E-state index in [0.717, 1.165) is 19.3 Å². The molecule has 1 saturated carbocycles. The van der Waals surface area contributed by atoms with Crippen LogP contribution in [0.5, 0.6) is 0 Å². The molecule has 1 aromatic carbocycles. The van der Waals surface area contributed by atoms with Gasteiger partial charge in [-0.2, -0.15) is 0 Å². The van der Waals surface area contributed by atoms with Crippen molar-refractivity contribution in [3.63, 3.8) is 0 Å². The third-order valence-electron chi connectivity index (χ3n) is 5.49. The Balaban J connectivity index is 1.68. The fourth-order valence-corrected chi connectivity index (χ4v) is 4.22. The predicted molar refractivity (Wildman–Crippen MR) is 89.7 cm³/mol. The van der Waals surface area contributed by atoms with Crippen molar-refractivity contribution in [1.29, 1.82) is 0 Å². The summed E-state index contributed by atoms with van der Waals surface area (Å²) in [5.74, 6) is 0.775. The number of fused-ring (bicyclic) bond motifs is 1. The highest BCUT2D eigenvalue weighted by Gasteiger charge is 2.30. The van der Waals surface area contributed by atoms with E-state index < -0.39 is 0 Å². The second-order valence-electron chi connectivity index (χ2n) is 6.89. The van der Waals surface area contributed by atoms with Crippen molar-refractivity contribution in [2.45, 2.75) is 63.3 Å². The molecule has 1 amide bonds. The minimum atomic E-state index is 0.0163. The second-order valence-corrected chi connectivity index (χ2v) is 6.89. The number of nitrogens with two attached hydrogens (primary N) is 1. The summed E-state index contributed by atoms with van der Waals surface area (Å²) in [6, 6.07) is 8.56. The summed E-state index contributed by atoms with van der Waals surface area (Å²) in [5, 5.41) is 3.28. The third-order valence-corrected chi connectivity index (χ3v) is 5.49. The standard InChI is InChI=1S/C19H28N2O/c20-13-18(15-8-2-1-3-9-15)21-19(22)17-12-6-10-14-7-4-5-11-16(14)17/h4-5,7,11,15,17-18H,1-3,6,8-10,12-13,20H2,(H,21,22). The number of hydrogen-bond acceptors (Lipinski definition) is 2. The smallest absolute Gasteiger partial charge is 0.227 e. The van der Waals surface area contributed by atoms with Gasteiger partial charge in [0.15, 0.2) is 0 Å². The fraction of sp³-hybridized carbons (Fsp3) is 0.632. The van der Waals surface area contributed by atoms with Crippen LogP contribution in [0.2, 0.25) is 0 Å². The van der Waals surface area contributed by atoms with Gasteiger partial charge in [-0.05, 0) is 49.1 Å². The van der Waals surface area contributed by atoms with E-state index in [9.17, 15) is 4.79 Å². The number of rotatable bonds is 4. The lowest BCUT2D eigenvalue weighted by Crippen LogP contribution is -2.47. The number of nitrogens with one attached hydrogen (secondary N) is 1. The Labute approximate surface area is 133 Å². The van der Waals surface area contributed by atoms with Crippen LogP contribution in [0.15, 0.2) is 24.3 Å². The summed E-state index contributed by atoms with van der Waals surface area (Å²) < 4.78 is 0. The first-order valence-corrected chi connectivity index (χ1v) is 8.88. The molecule has 3 heteroatoms. The average molecular weight is 300 g/mol. The SMILES string of the molecule is NCC(NC(=O)C1CCCc2ccccc21)C1CCCCC1. The zero-order valence-corrected chi connectivity index (χ0v) is 13.4. The number of amides is 1. The molecule has 2 aliphatic carbocycles. The highest BCUT2D eigenvalue weighted by Crippen LogP contribution is 2.32. The number of carbonyl (C=O) groups is 1. The molecule has 2 aliphatic rings. The molecule has 0 heterocycles. The van der Waals surface area contributed by atoms with Crippen LogP contribution in [0.3, 0.4) is 0 Å². The highest BCUT2D eigenvalue weighted by atomic mass is 16.1. The van der Waals surface area contributed by atoms with Crippen molar-refractivity contribution in [1.82, 2.24) is 5.32 Å². The molecule has 1 fully saturated rings. The minimum Gasteiger partial charge on any atom is -0.351 e. The first-order valence-electron chi connectivity index (χ1n) is 8.88. The molecule has 0 bridgehead atoms. The Morgan fingerprint density at radius 1 is 1.14 bits per heavy atom. The first kappa shape index (κ1) is 15.5. The van der Waals surface area contributed by atoms with Gasteiger partial charge in [0.2, 0.25) is 5.91 Å². The van der Waals surface area contributed by atoms with Gasteiger partial charge in [0.1, 0.15) is 0 Å². The molecule has 1 aromatic rings. The van der Waals surface area contributed by atoms with E-state index in [4.69, 9.17) is 5.73 Å². The Kier molecular flexibility index (Phi) is 5.14. The molecule has 0 saturated heterocycles. The molecule has 0 spiro atoms. The maximum atomic E-state index is 12.8. The van der Waals surface area contributed by atoms with Gasteiger partial charge in [-0.25, -0.2) is 0 Å². The van der Waals surface area contributed by atoms with Crippen LogP contribution in [0.4, 0.5) is 0 Å². The Hall–Kier alpha value is -1.35. The topological polar surface area (TPSA) is 55.1 Å². The monoisotopic (exact) mass is 300 g/mol. The maximum Gasteiger partial charge on any atom is 0.227 e. The van der Waals surface area contributed by atoms with Crippen LogP contribution in [0, 0.1) is 5.92 Å². The number of aryl methyl sites for hydroxylation is 1. The van der Waals surface area contributed by atoms with Gasteiger partial charge < -0.3 is 11.1 Å². The van der Waals surface area contributed by atoms with Crippen molar-refractivity contribution in [3.05, 3.63) is 35.4 Å². The average Bonchev–Trinajstić information content (AvgIpc) is 2.59. The molecule has 22 heavy (non-hydrogen) atoms. The highest BCUT2D eigenvalue weighted by molar-refractivity contribution is 5.84. The van der Waals surface area contributed by atoms with E-state index in [1.54, 1.807) is 0 Å². The summed E-state index contributed by atoms with van der Waals surface area (Å²) in [4.78, 5) is 12.8. The fourth-order valence-electron chi connectivity index (χ4n) is 4.22. The maximum absolute atomic E-state index is 12.8. The van der Waals surface area contributed by atoms with E-state index in [2.05, 4.69) is 23.5 Å². The summed E-state index contributed by atoms with van der Waals surface area (Å²) in [6.45, 7) is 0.560. The lowest BCUT2D eigenvalue weighted by atomic mass is 9.81. The minimum absolute atomic E-state index is 0.0163. The van der Waals surface area contributed by atoms with E-state index in [0.29, 0.717) is 12.5 Å². The lowest BCUT2D eigenvalue weighted by Gasteiger charge is -2.32. The second kappa shape index (κ2) is 7.28. The molecule has 3 N–H and O–H groups in total. The lowest BCUT2D eigenvalue weighted by molar-refractivity contribution is -0.124. The quantitative estimate of drug-likeness (QED) is 0.897. The first-order chi connectivity index (χ1) is 10.8. The molecule has 3 nitrogen and oxygen atoms in total. The molecule has 0 aromatic heterocycles. The predicted octanol–water partition coefficient (Wildman–Crippen LogP) is 3.13. The van der Waals surface area contributed by atoms with Gasteiger partial charge in [-0.3, -0.25) is 4.79 Å². The third kappa shape index (κ3) is 3.35. The van der Waals surface area contributed by atoms with Crippen LogP contribution in [0.25, 0.3) is 0 Å². The molecule has 0 aliphatic heterocycles. The molecule has 120 valence electrons. The van der Waals surface area contributed by atoms with Gasteiger partial charge in [-0.1, -0.05) is 43.5 Å². The van der Waals surface area contributed by atoms with E-state index in [1.165, 1.54) is 43.2 Å². The van der Waals surface area contributed by atoms with E-state index >= 15 is 0 Å². The molecule has 2 unspecified atom stereocenters. The van der Waals surface area contributed by atoms with Crippen LogP contribution >= 0.6 is 0 Å². The number of hydrogen-bond donors (Lipinski definition) is 2. The largest absolute Gasteiger partial charge is 0.351 e. The zero-order valence-electron chi connectivity index (χ0n) is 13.4. The van der Waals surface area contributed by atoms with E-state index in [1.807, 2.05) is 6.07 Å². The number of carbonyl (C=O) groups excluding carboxylic acids is 1. The molecule has 0 radical (unpaired) electrons. The summed E-state index contributed by atoms with van der Waals surface area (Å²) >= 11 is 0. The van der Waals surface area contributed by atoms with Gasteiger partial charge in [0.05, 0.1) is 5.92 Å². The Bertz CT molecular complexity index is 508. The van der Waals surface area contributed by atoms with Crippen molar-refractivity contribution in [3.8, 4) is 0 Å². The molecule has 2 atom stereocenters. The van der Waals surface area contributed by atoms with Gasteiger partial charge in [0.25, 0.3) is 0 Å². The van der Waals surface area contributed by atoms with Crippen LogP contribution < -0.4 is 11.1 Å². The number of benzene rings is 1. The molecule has 3 rings (SSSR count). The van der Waals surface area contributed by atoms with E-state index in [-0.39, 0.29) is 17.9 Å². The van der Waals surface area contributed by atoms with Crippen molar-refractivity contribution in [2.75, 3.05) is 6.54 Å². The van der Waals surface area contributed by atoms with Crippen LogP contribution in [-0.4, -0.2) is 18.5 Å². The summed E-state index contributed by atoms with van der Waals surface area (Å²) in [6.07, 6.45) is 9.48. The summed E-state index contributed by atoms with van der Waals surface area (Å²) in [7, 11) is 0. The molecular formula is C19H28N2O. The van der Waals surface area contributed by atoms with Crippen LogP contribution in [0.1, 0.15) is 62.0 Å². The van der Waals surface area contributed by atoms with Gasteiger partial charge in [-0.15, -0.1) is 0 Å². The van der Waals surface area contributed by atoms with Crippen molar-refractivity contribution < 1.29 is 4.79 Å². The Morgan fingerprint density at radius 2 is 1.91 bits per heavy atom. The Morgan fingerprint density at radius 3 is 2.68 bits per heavy atom. The molecular weight excluding hydrogens is 272 g/mol. The normalized spacial score (nSPS) is 23.6. The van der Waals surface area contributed by atoms with Crippen molar-refractivity contribution >= 4 is 5.91 Å².